The average molecular weight is 490 g/mol. The predicted octanol–water partition coefficient (Wildman–Crippen LogP) is 4.04. The number of ether oxygens (including phenoxy) is 3. The lowest BCUT2D eigenvalue weighted by atomic mass is 9.96. The van der Waals surface area contributed by atoms with Gasteiger partial charge in [-0.2, -0.15) is 0 Å². The Balaban J connectivity index is 1.36. The minimum Gasteiger partial charge on any atom is -0.482 e. The van der Waals surface area contributed by atoms with Crippen molar-refractivity contribution >= 4 is 17.4 Å². The highest BCUT2D eigenvalue weighted by Crippen LogP contribution is 2.38. The highest BCUT2D eigenvalue weighted by molar-refractivity contribution is 6.31. The van der Waals surface area contributed by atoms with Gasteiger partial charge in [0.05, 0.1) is 30.3 Å². The molecule has 0 radical (unpaired) electrons. The number of aromatic nitrogens is 2. The number of anilines is 1. The Morgan fingerprint density at radius 3 is 2.56 bits per heavy atom. The normalized spacial score (nSPS) is 24.7. The summed E-state index contributed by atoms with van der Waals surface area (Å²) in [5.74, 6) is -1.19. The molecule has 2 aromatic heterocycles. The van der Waals surface area contributed by atoms with E-state index < -0.39 is 23.8 Å². The molecule has 0 saturated carbocycles. The van der Waals surface area contributed by atoms with Crippen LogP contribution < -0.4 is 10.5 Å². The minimum absolute atomic E-state index is 0.0635. The van der Waals surface area contributed by atoms with E-state index in [4.69, 9.17) is 31.5 Å². The first-order valence-corrected chi connectivity index (χ1v) is 11.1. The Morgan fingerprint density at radius 2 is 1.79 bits per heavy atom. The van der Waals surface area contributed by atoms with Crippen LogP contribution in [-0.4, -0.2) is 46.6 Å². The Bertz CT molecular complexity index is 1210. The number of fused-ring (bicyclic) bond motifs is 1. The largest absolute Gasteiger partial charge is 0.482 e. The van der Waals surface area contributed by atoms with E-state index in [0.717, 1.165) is 23.4 Å². The van der Waals surface area contributed by atoms with Crippen molar-refractivity contribution in [2.45, 2.75) is 37.3 Å². The molecule has 3 aromatic rings. The second-order valence-corrected chi connectivity index (χ2v) is 8.74. The highest BCUT2D eigenvalue weighted by atomic mass is 35.5. The molecule has 0 aliphatic carbocycles. The predicted molar refractivity (Wildman–Crippen MR) is 121 cm³/mol. The topological polar surface area (TPSA) is 99.7 Å². The van der Waals surface area contributed by atoms with Crippen molar-refractivity contribution in [3.05, 3.63) is 70.6 Å². The van der Waals surface area contributed by atoms with E-state index in [9.17, 15) is 13.9 Å². The molecule has 2 fully saturated rings. The fraction of sp³-hybridized carbons (Fsp3) is 0.333. The van der Waals surface area contributed by atoms with Crippen molar-refractivity contribution in [1.29, 1.82) is 0 Å². The van der Waals surface area contributed by atoms with Crippen LogP contribution in [0.15, 0.2) is 42.7 Å². The molecule has 2 aliphatic rings. The van der Waals surface area contributed by atoms with Crippen LogP contribution in [0.3, 0.4) is 0 Å². The van der Waals surface area contributed by atoms with E-state index in [1.807, 2.05) is 12.1 Å². The van der Waals surface area contributed by atoms with Gasteiger partial charge in [-0.25, -0.2) is 13.8 Å². The van der Waals surface area contributed by atoms with Gasteiger partial charge >= 0.3 is 0 Å². The van der Waals surface area contributed by atoms with E-state index in [0.29, 0.717) is 12.2 Å². The maximum Gasteiger partial charge on any atom is 0.166 e. The van der Waals surface area contributed by atoms with Gasteiger partial charge in [-0.05, 0) is 31.2 Å². The first-order valence-electron chi connectivity index (χ1n) is 10.8. The lowest BCUT2D eigenvalue weighted by molar-refractivity contribution is 0.0181. The number of nitrogens with zero attached hydrogens (tertiary/aromatic N) is 2. The number of hydrogen-bond donors (Lipinski definition) is 2. The molecule has 2 saturated heterocycles. The summed E-state index contributed by atoms with van der Waals surface area (Å²) in [6, 6.07) is 7.37. The van der Waals surface area contributed by atoms with Crippen LogP contribution in [0.25, 0.3) is 11.1 Å². The first-order chi connectivity index (χ1) is 16.3. The summed E-state index contributed by atoms with van der Waals surface area (Å²) in [5.41, 5.74) is 8.10. The number of nitrogen functional groups attached to an aromatic ring is 1. The molecule has 5 atom stereocenters. The number of aliphatic hydroxyl groups is 1. The summed E-state index contributed by atoms with van der Waals surface area (Å²) in [6.45, 7) is 2.23. The van der Waals surface area contributed by atoms with Crippen LogP contribution in [0, 0.1) is 11.6 Å². The molecule has 0 unspecified atom stereocenters. The van der Waals surface area contributed by atoms with Gasteiger partial charge in [0.2, 0.25) is 0 Å². The number of benzene rings is 1. The molecule has 0 bridgehead atoms. The molecular weight excluding hydrogens is 468 g/mol. The molecule has 34 heavy (non-hydrogen) atoms. The van der Waals surface area contributed by atoms with E-state index in [-0.39, 0.29) is 46.9 Å². The molecule has 7 nitrogen and oxygen atoms in total. The zero-order valence-corrected chi connectivity index (χ0v) is 18.9. The summed E-state index contributed by atoms with van der Waals surface area (Å²) >= 11 is 5.95. The maximum absolute atomic E-state index is 14.3. The van der Waals surface area contributed by atoms with Gasteiger partial charge in [-0.15, -0.1) is 0 Å². The zero-order valence-electron chi connectivity index (χ0n) is 18.1. The van der Waals surface area contributed by atoms with Gasteiger partial charge in [0.15, 0.2) is 11.6 Å². The molecule has 4 heterocycles. The molecule has 178 valence electrons. The summed E-state index contributed by atoms with van der Waals surface area (Å²) < 4.78 is 45.3. The molecule has 0 amide bonds. The molecule has 5 rings (SSSR count). The van der Waals surface area contributed by atoms with Crippen LogP contribution in [0.5, 0.6) is 5.75 Å². The van der Waals surface area contributed by atoms with Crippen molar-refractivity contribution in [2.24, 2.45) is 0 Å². The minimum atomic E-state index is -0.917. The Hall–Kier alpha value is -2.85. The zero-order chi connectivity index (χ0) is 24.0. The van der Waals surface area contributed by atoms with E-state index in [1.54, 1.807) is 25.4 Å². The van der Waals surface area contributed by atoms with Crippen LogP contribution >= 0.6 is 11.6 Å². The second kappa shape index (κ2) is 9.07. The molecular formula is C24H22ClF2N3O4. The van der Waals surface area contributed by atoms with Gasteiger partial charge in [0.25, 0.3) is 0 Å². The number of pyridine rings is 2. The van der Waals surface area contributed by atoms with E-state index >= 15 is 0 Å². The molecule has 3 N–H and O–H groups in total. The summed E-state index contributed by atoms with van der Waals surface area (Å²) in [4.78, 5) is 8.74. The van der Waals surface area contributed by atoms with Crippen LogP contribution in [-0.2, 0) is 9.47 Å². The van der Waals surface area contributed by atoms with Crippen LogP contribution in [0.1, 0.15) is 30.2 Å². The van der Waals surface area contributed by atoms with Crippen molar-refractivity contribution in [2.75, 3.05) is 18.9 Å². The number of aliphatic hydroxyl groups excluding tert-OH is 1. The lowest BCUT2D eigenvalue weighted by Crippen LogP contribution is -2.28. The van der Waals surface area contributed by atoms with Crippen LogP contribution in [0.2, 0.25) is 5.02 Å². The third-order valence-electron chi connectivity index (χ3n) is 6.20. The van der Waals surface area contributed by atoms with Crippen molar-refractivity contribution < 1.29 is 28.1 Å². The molecule has 0 spiro atoms. The number of halogens is 3. The lowest BCUT2D eigenvalue weighted by Gasteiger charge is -2.19. The fourth-order valence-corrected chi connectivity index (χ4v) is 4.71. The highest BCUT2D eigenvalue weighted by Gasteiger charge is 2.48. The molecule has 1 aromatic carbocycles. The Labute approximate surface area is 199 Å². The van der Waals surface area contributed by atoms with E-state index in [1.165, 1.54) is 0 Å². The average Bonchev–Trinajstić information content (AvgIpc) is 3.41. The number of rotatable bonds is 5. The van der Waals surface area contributed by atoms with Crippen molar-refractivity contribution in [3.63, 3.8) is 0 Å². The third-order valence-corrected chi connectivity index (χ3v) is 6.58. The fourth-order valence-electron chi connectivity index (χ4n) is 4.40. The maximum atomic E-state index is 14.3. The number of hydrogen-bond acceptors (Lipinski definition) is 7. The smallest absolute Gasteiger partial charge is 0.166 e. The van der Waals surface area contributed by atoms with Crippen molar-refractivity contribution in [3.8, 4) is 16.9 Å². The van der Waals surface area contributed by atoms with Gasteiger partial charge in [-0.3, -0.25) is 4.98 Å². The number of nitrogens with two attached hydrogens (primary N) is 1. The standard InChI is InChI=1S/C24H22ClF2N3O4/c1-11(20-15(26)3-4-16(27)21(20)25)34-19-6-13(8-30-24(19)28)12-2-5-17(29-7-12)14-9-32-23-18(31)10-33-22(14)23/h2-8,11,14,18,22-23,31H,9-10H2,1H3,(H2,28,30)/t11-,14+,18+,22+,23+/m0/s1. The van der Waals surface area contributed by atoms with Crippen molar-refractivity contribution in [1.82, 2.24) is 9.97 Å². The summed E-state index contributed by atoms with van der Waals surface area (Å²) in [7, 11) is 0. The third kappa shape index (κ3) is 4.09. The van der Waals surface area contributed by atoms with Gasteiger partial charge in [0.1, 0.15) is 29.9 Å². The molecule has 10 heteroatoms. The van der Waals surface area contributed by atoms with Gasteiger partial charge in [-0.1, -0.05) is 17.7 Å². The monoisotopic (exact) mass is 489 g/mol. The van der Waals surface area contributed by atoms with Crippen LogP contribution in [0.4, 0.5) is 14.6 Å². The molecule has 2 aliphatic heterocycles. The van der Waals surface area contributed by atoms with Gasteiger partial charge < -0.3 is 25.1 Å². The Kier molecular flexibility index (Phi) is 6.11. The Morgan fingerprint density at radius 1 is 1.06 bits per heavy atom. The quantitative estimate of drug-likeness (QED) is 0.522. The summed E-state index contributed by atoms with van der Waals surface area (Å²) in [6.07, 6.45) is 1.18. The SMILES string of the molecule is C[C@H](Oc1cc(-c2ccc([C@H]3CO[C@H]4[C@@H]3OC[C@H]4O)nc2)cnc1N)c1c(F)ccc(F)c1Cl. The second-order valence-electron chi connectivity index (χ2n) is 8.37. The first kappa shape index (κ1) is 22.9. The van der Waals surface area contributed by atoms with Gasteiger partial charge in [0, 0.05) is 34.8 Å². The van der Waals surface area contributed by atoms with E-state index in [2.05, 4.69) is 9.97 Å². The summed E-state index contributed by atoms with van der Waals surface area (Å²) in [5, 5.41) is 9.60.